The van der Waals surface area contributed by atoms with E-state index in [0.29, 0.717) is 23.3 Å². The van der Waals surface area contributed by atoms with Crippen molar-refractivity contribution < 1.29 is 9.90 Å². The average Bonchev–Trinajstić information content (AvgIpc) is 2.03. The fourth-order valence-corrected chi connectivity index (χ4v) is 2.63. The first-order valence-corrected chi connectivity index (χ1v) is 4.59. The minimum absolute atomic E-state index is 0.137. The predicted molar refractivity (Wildman–Crippen MR) is 48.0 cm³/mol. The molecule has 0 spiro atoms. The molecule has 2 nitrogen and oxygen atoms in total. The molecule has 0 unspecified atom stereocenters. The van der Waals surface area contributed by atoms with E-state index in [4.69, 9.17) is 5.11 Å². The number of carboxylic acid groups (broad SMARTS) is 1. The van der Waals surface area contributed by atoms with Gasteiger partial charge in [0.1, 0.15) is 0 Å². The van der Waals surface area contributed by atoms with Gasteiger partial charge in [0.2, 0.25) is 0 Å². The first-order chi connectivity index (χ1) is 6.27. The largest absolute Gasteiger partial charge is 0.478 e. The van der Waals surface area contributed by atoms with Crippen LogP contribution >= 0.6 is 0 Å². The van der Waals surface area contributed by atoms with Gasteiger partial charge in [-0.05, 0) is 11.8 Å². The highest BCUT2D eigenvalue weighted by molar-refractivity contribution is 5.88. The summed E-state index contributed by atoms with van der Waals surface area (Å²) in [5.74, 6) is 0.769. The topological polar surface area (TPSA) is 37.3 Å². The van der Waals surface area contributed by atoms with E-state index < -0.39 is 5.97 Å². The number of carbonyl (C=O) groups is 1. The molecule has 0 aromatic rings. The van der Waals surface area contributed by atoms with E-state index in [2.05, 4.69) is 24.3 Å². The van der Waals surface area contributed by atoms with Crippen molar-refractivity contribution in [3.05, 3.63) is 36.0 Å². The summed E-state index contributed by atoms with van der Waals surface area (Å²) in [4.78, 5) is 10.9. The van der Waals surface area contributed by atoms with Crippen molar-refractivity contribution in [2.45, 2.75) is 0 Å². The second kappa shape index (κ2) is 2.13. The molecule has 4 aliphatic carbocycles. The van der Waals surface area contributed by atoms with Crippen molar-refractivity contribution in [2.24, 2.45) is 23.7 Å². The van der Waals surface area contributed by atoms with Crippen LogP contribution in [0.15, 0.2) is 36.0 Å². The monoisotopic (exact) mass is 174 g/mol. The van der Waals surface area contributed by atoms with Gasteiger partial charge in [-0.2, -0.15) is 0 Å². The van der Waals surface area contributed by atoms with Crippen molar-refractivity contribution in [2.75, 3.05) is 0 Å². The molecule has 0 saturated heterocycles. The quantitative estimate of drug-likeness (QED) is 0.613. The molecule has 0 amide bonds. The SMILES string of the molecule is O=C(O)C1=C[C@@H]2C=C[C@@H]1[C@H]1C=C[C@H]21. The Morgan fingerprint density at radius 3 is 2.46 bits per heavy atom. The Morgan fingerprint density at radius 2 is 1.92 bits per heavy atom. The highest BCUT2D eigenvalue weighted by atomic mass is 16.4. The summed E-state index contributed by atoms with van der Waals surface area (Å²) in [6, 6.07) is 0. The zero-order chi connectivity index (χ0) is 9.00. The molecule has 4 aliphatic rings. The number of aliphatic carboxylic acids is 1. The van der Waals surface area contributed by atoms with Crippen molar-refractivity contribution in [1.29, 1.82) is 0 Å². The molecular weight excluding hydrogens is 164 g/mol. The summed E-state index contributed by atoms with van der Waals surface area (Å²) in [7, 11) is 0. The molecule has 13 heavy (non-hydrogen) atoms. The Labute approximate surface area is 76.3 Å². The summed E-state index contributed by atoms with van der Waals surface area (Å²) < 4.78 is 0. The number of hydrogen-bond donors (Lipinski definition) is 1. The van der Waals surface area contributed by atoms with Gasteiger partial charge in [0, 0.05) is 17.4 Å². The van der Waals surface area contributed by atoms with Gasteiger partial charge in [-0.15, -0.1) is 0 Å². The smallest absolute Gasteiger partial charge is 0.331 e. The summed E-state index contributed by atoms with van der Waals surface area (Å²) in [5, 5.41) is 8.96. The lowest BCUT2D eigenvalue weighted by molar-refractivity contribution is -0.133. The molecule has 0 aromatic heterocycles. The van der Waals surface area contributed by atoms with Crippen LogP contribution in [0.2, 0.25) is 0 Å². The maximum atomic E-state index is 10.9. The minimum atomic E-state index is -0.752. The normalized spacial score (nSPS) is 43.8. The summed E-state index contributed by atoms with van der Waals surface area (Å²) in [6.07, 6.45) is 10.4. The molecular formula is C11H10O2. The zero-order valence-corrected chi connectivity index (χ0v) is 7.05. The third-order valence-electron chi connectivity index (χ3n) is 3.38. The number of rotatable bonds is 1. The highest BCUT2D eigenvalue weighted by Crippen LogP contribution is 2.49. The van der Waals surface area contributed by atoms with Crippen molar-refractivity contribution >= 4 is 5.97 Å². The third-order valence-corrected chi connectivity index (χ3v) is 3.38. The number of carboxylic acids is 1. The molecule has 4 rings (SSSR count). The van der Waals surface area contributed by atoms with Crippen LogP contribution in [-0.4, -0.2) is 11.1 Å². The molecule has 0 heterocycles. The first kappa shape index (κ1) is 7.13. The Balaban J connectivity index is 2.05. The summed E-state index contributed by atoms with van der Waals surface area (Å²) in [5.41, 5.74) is 0.595. The molecule has 2 heteroatoms. The zero-order valence-electron chi connectivity index (χ0n) is 7.05. The molecule has 0 aliphatic heterocycles. The van der Waals surface area contributed by atoms with Crippen LogP contribution in [0.25, 0.3) is 0 Å². The van der Waals surface area contributed by atoms with Crippen molar-refractivity contribution in [3.63, 3.8) is 0 Å². The second-order valence-corrected chi connectivity index (χ2v) is 3.95. The van der Waals surface area contributed by atoms with Crippen LogP contribution in [0, 0.1) is 23.7 Å². The van der Waals surface area contributed by atoms with Crippen LogP contribution in [0.4, 0.5) is 0 Å². The molecule has 1 N–H and O–H groups in total. The lowest BCUT2D eigenvalue weighted by Gasteiger charge is -2.45. The van der Waals surface area contributed by atoms with Gasteiger partial charge < -0.3 is 5.11 Å². The Morgan fingerprint density at radius 1 is 1.15 bits per heavy atom. The van der Waals surface area contributed by atoms with Crippen LogP contribution in [0.1, 0.15) is 0 Å². The highest BCUT2D eigenvalue weighted by Gasteiger charge is 2.44. The van der Waals surface area contributed by atoms with E-state index in [1.807, 2.05) is 6.08 Å². The summed E-state index contributed by atoms with van der Waals surface area (Å²) >= 11 is 0. The molecule has 0 saturated carbocycles. The van der Waals surface area contributed by atoms with Gasteiger partial charge in [0.25, 0.3) is 0 Å². The van der Waals surface area contributed by atoms with Gasteiger partial charge in [0.15, 0.2) is 0 Å². The average molecular weight is 174 g/mol. The van der Waals surface area contributed by atoms with E-state index in [1.165, 1.54) is 0 Å². The fourth-order valence-electron chi connectivity index (χ4n) is 2.63. The first-order valence-electron chi connectivity index (χ1n) is 4.59. The van der Waals surface area contributed by atoms with Crippen LogP contribution in [-0.2, 0) is 4.79 Å². The molecule has 2 bridgehead atoms. The molecule has 0 aromatic carbocycles. The number of allylic oxidation sites excluding steroid dienone is 5. The van der Waals surface area contributed by atoms with E-state index in [-0.39, 0.29) is 5.92 Å². The van der Waals surface area contributed by atoms with E-state index in [1.54, 1.807) is 0 Å². The minimum Gasteiger partial charge on any atom is -0.478 e. The molecule has 66 valence electrons. The predicted octanol–water partition coefficient (Wildman–Crippen LogP) is 1.62. The van der Waals surface area contributed by atoms with Crippen LogP contribution in [0.3, 0.4) is 0 Å². The number of hydrogen-bond acceptors (Lipinski definition) is 1. The van der Waals surface area contributed by atoms with Crippen molar-refractivity contribution in [3.8, 4) is 0 Å². The van der Waals surface area contributed by atoms with Gasteiger partial charge >= 0.3 is 5.97 Å². The molecule has 0 fully saturated rings. The maximum absolute atomic E-state index is 10.9. The van der Waals surface area contributed by atoms with Gasteiger partial charge in [-0.25, -0.2) is 4.79 Å². The molecule has 4 atom stereocenters. The van der Waals surface area contributed by atoms with E-state index in [9.17, 15) is 4.79 Å². The Hall–Kier alpha value is -1.31. The standard InChI is InChI=1S/C11H10O2/c12-11(13)10-5-6-1-2-9(10)8-4-3-7(6)8/h1-9H,(H,12,13)/t6-,7+,8-,9+/m0/s1. The van der Waals surface area contributed by atoms with Gasteiger partial charge in [-0.1, -0.05) is 30.4 Å². The van der Waals surface area contributed by atoms with E-state index in [0.717, 1.165) is 0 Å². The second-order valence-electron chi connectivity index (χ2n) is 3.95. The maximum Gasteiger partial charge on any atom is 0.331 e. The van der Waals surface area contributed by atoms with Gasteiger partial charge in [-0.3, -0.25) is 0 Å². The fraction of sp³-hybridized carbons (Fsp3) is 0.364. The van der Waals surface area contributed by atoms with E-state index >= 15 is 0 Å². The van der Waals surface area contributed by atoms with Crippen molar-refractivity contribution in [1.82, 2.24) is 0 Å². The van der Waals surface area contributed by atoms with Gasteiger partial charge in [0.05, 0.1) is 0 Å². The molecule has 0 radical (unpaired) electrons. The van der Waals surface area contributed by atoms with Crippen LogP contribution in [0.5, 0.6) is 0 Å². The third kappa shape index (κ3) is 0.755. The lowest BCUT2D eigenvalue weighted by Crippen LogP contribution is -2.40. The lowest BCUT2D eigenvalue weighted by atomic mass is 9.58. The Bertz CT molecular complexity index is 362. The van der Waals surface area contributed by atoms with Crippen LogP contribution < -0.4 is 0 Å². The summed E-state index contributed by atoms with van der Waals surface area (Å²) in [6.45, 7) is 0. The Kier molecular flexibility index (Phi) is 1.17.